The summed E-state index contributed by atoms with van der Waals surface area (Å²) in [5.74, 6) is -0.452. The molecule has 0 fully saturated rings. The van der Waals surface area contributed by atoms with Crippen LogP contribution in [0.1, 0.15) is 10.4 Å². The first-order valence-corrected chi connectivity index (χ1v) is 3.69. The summed E-state index contributed by atoms with van der Waals surface area (Å²) in [6.45, 7) is 1.16. The Morgan fingerprint density at radius 3 is 2.25 bits per heavy atom. The fraction of sp³-hybridized carbons (Fsp3) is 0.125. The van der Waals surface area contributed by atoms with Crippen molar-refractivity contribution < 1.29 is 9.82 Å². The summed E-state index contributed by atoms with van der Waals surface area (Å²) in [5.41, 5.74) is 6.27. The molecule has 1 aromatic carbocycles. The summed E-state index contributed by atoms with van der Waals surface area (Å²) in [4.78, 5) is 10.6. The molecule has 0 bridgehead atoms. The molecule has 3 nitrogen and oxygen atoms in total. The topological polar surface area (TPSA) is 63.3 Å². The Balaban J connectivity index is 2.93. The van der Waals surface area contributed by atoms with Crippen molar-refractivity contribution in [1.29, 1.82) is 0 Å². The normalized spacial score (nSPS) is 9.50. The lowest BCUT2D eigenvalue weighted by Gasteiger charge is -2.00. The van der Waals surface area contributed by atoms with Crippen molar-refractivity contribution in [2.24, 2.45) is 5.73 Å². The first kappa shape index (κ1) is 8.81. The first-order chi connectivity index (χ1) is 5.61. The molecule has 0 aromatic heterocycles. The Morgan fingerprint density at radius 1 is 1.42 bits per heavy atom. The second-order valence-electron chi connectivity index (χ2n) is 2.66. The van der Waals surface area contributed by atoms with Gasteiger partial charge in [0.05, 0.1) is 0 Å². The fourth-order valence-corrected chi connectivity index (χ4v) is 0.926. The number of carbonyl (C=O) groups excluding carboxylic acids is 1. The molecule has 3 N–H and O–H groups in total. The van der Waals surface area contributed by atoms with Crippen LogP contribution in [0.25, 0.3) is 0 Å². The van der Waals surface area contributed by atoms with Gasteiger partial charge in [0.2, 0.25) is 5.91 Å². The maximum atomic E-state index is 10.6. The van der Waals surface area contributed by atoms with Crippen LogP contribution >= 0.6 is 0 Å². The van der Waals surface area contributed by atoms with E-state index in [1.54, 1.807) is 31.1 Å². The molecule has 1 amide bonds. The van der Waals surface area contributed by atoms with E-state index in [0.717, 1.165) is 5.46 Å². The summed E-state index contributed by atoms with van der Waals surface area (Å²) in [5, 5.41) is 9.14. The molecule has 0 atom stereocenters. The number of rotatable bonds is 2. The van der Waals surface area contributed by atoms with E-state index in [2.05, 4.69) is 0 Å². The minimum absolute atomic E-state index is 0.452. The van der Waals surface area contributed by atoms with E-state index in [9.17, 15) is 4.79 Å². The summed E-state index contributed by atoms with van der Waals surface area (Å²) >= 11 is 0. The van der Waals surface area contributed by atoms with Crippen molar-refractivity contribution in [3.63, 3.8) is 0 Å². The molecule has 12 heavy (non-hydrogen) atoms. The third-order valence-corrected chi connectivity index (χ3v) is 1.68. The van der Waals surface area contributed by atoms with Gasteiger partial charge in [-0.1, -0.05) is 19.0 Å². The third-order valence-electron chi connectivity index (χ3n) is 1.68. The predicted octanol–water partition coefficient (Wildman–Crippen LogP) is -0.394. The zero-order chi connectivity index (χ0) is 9.14. The van der Waals surface area contributed by atoms with Crippen LogP contribution in [-0.4, -0.2) is 17.8 Å². The lowest BCUT2D eigenvalue weighted by Crippen LogP contribution is -2.26. The number of benzene rings is 1. The quantitative estimate of drug-likeness (QED) is 0.583. The molecule has 0 aliphatic heterocycles. The largest absolute Gasteiger partial charge is 0.447 e. The molecule has 1 rings (SSSR count). The smallest absolute Gasteiger partial charge is 0.320 e. The van der Waals surface area contributed by atoms with Gasteiger partial charge in [0, 0.05) is 5.56 Å². The standard InChI is InChI=1S/C8H10BNO2/c1-9(12)7-4-2-6(3-5-7)8(10)11/h2-5,12H,1H3,(H2,10,11). The van der Waals surface area contributed by atoms with E-state index < -0.39 is 12.8 Å². The molecular formula is C8H10BNO2. The van der Waals surface area contributed by atoms with Crippen molar-refractivity contribution in [2.75, 3.05) is 0 Å². The summed E-state index contributed by atoms with van der Waals surface area (Å²) < 4.78 is 0. The minimum atomic E-state index is -0.507. The van der Waals surface area contributed by atoms with Gasteiger partial charge >= 0.3 is 6.92 Å². The predicted molar refractivity (Wildman–Crippen MR) is 48.4 cm³/mol. The van der Waals surface area contributed by atoms with Crippen molar-refractivity contribution in [1.82, 2.24) is 0 Å². The molecule has 0 spiro atoms. The van der Waals surface area contributed by atoms with Crippen molar-refractivity contribution >= 4 is 18.3 Å². The average Bonchev–Trinajstić information content (AvgIpc) is 2.04. The van der Waals surface area contributed by atoms with Crippen LogP contribution in [0.2, 0.25) is 6.82 Å². The van der Waals surface area contributed by atoms with Crippen LogP contribution < -0.4 is 11.2 Å². The first-order valence-electron chi connectivity index (χ1n) is 3.69. The number of hydrogen-bond acceptors (Lipinski definition) is 2. The van der Waals surface area contributed by atoms with Crippen LogP contribution in [0, 0.1) is 0 Å². The lowest BCUT2D eigenvalue weighted by molar-refractivity contribution is 0.100. The lowest BCUT2D eigenvalue weighted by atomic mass is 9.64. The Bertz CT molecular complexity index is 282. The second-order valence-corrected chi connectivity index (χ2v) is 2.66. The summed E-state index contributed by atoms with van der Waals surface area (Å²) in [7, 11) is 0. The van der Waals surface area contributed by atoms with E-state index in [1.165, 1.54) is 0 Å². The molecule has 0 saturated heterocycles. The molecule has 0 saturated carbocycles. The number of nitrogens with two attached hydrogens (primary N) is 1. The molecule has 0 heterocycles. The highest BCUT2D eigenvalue weighted by Gasteiger charge is 2.06. The Labute approximate surface area is 71.3 Å². The second kappa shape index (κ2) is 3.41. The molecular weight excluding hydrogens is 153 g/mol. The van der Waals surface area contributed by atoms with Crippen LogP contribution in [0.5, 0.6) is 0 Å². The number of amides is 1. The van der Waals surface area contributed by atoms with E-state index >= 15 is 0 Å². The van der Waals surface area contributed by atoms with Crippen LogP contribution in [0.4, 0.5) is 0 Å². The van der Waals surface area contributed by atoms with Gasteiger partial charge < -0.3 is 10.8 Å². The number of primary amides is 1. The summed E-state index contributed by atoms with van der Waals surface area (Å²) in [6, 6.07) is 6.57. The van der Waals surface area contributed by atoms with Crippen molar-refractivity contribution in [2.45, 2.75) is 6.82 Å². The van der Waals surface area contributed by atoms with E-state index in [-0.39, 0.29) is 0 Å². The van der Waals surface area contributed by atoms with Gasteiger partial charge in [-0.15, -0.1) is 0 Å². The van der Waals surface area contributed by atoms with Crippen LogP contribution in [-0.2, 0) is 0 Å². The zero-order valence-corrected chi connectivity index (χ0v) is 6.82. The maximum absolute atomic E-state index is 10.6. The van der Waals surface area contributed by atoms with Crippen molar-refractivity contribution in [3.8, 4) is 0 Å². The van der Waals surface area contributed by atoms with Gasteiger partial charge in [0.25, 0.3) is 0 Å². The van der Waals surface area contributed by atoms with E-state index in [4.69, 9.17) is 10.8 Å². The molecule has 0 unspecified atom stereocenters. The zero-order valence-electron chi connectivity index (χ0n) is 6.82. The maximum Gasteiger partial charge on any atom is 0.320 e. The van der Waals surface area contributed by atoms with Gasteiger partial charge in [-0.25, -0.2) is 0 Å². The van der Waals surface area contributed by atoms with Crippen molar-refractivity contribution in [3.05, 3.63) is 29.8 Å². The Kier molecular flexibility index (Phi) is 2.50. The monoisotopic (exact) mass is 163 g/mol. The molecule has 0 aliphatic rings. The Morgan fingerprint density at radius 2 is 1.92 bits per heavy atom. The van der Waals surface area contributed by atoms with Gasteiger partial charge in [-0.2, -0.15) is 0 Å². The third kappa shape index (κ3) is 1.86. The van der Waals surface area contributed by atoms with Gasteiger partial charge in [-0.05, 0) is 17.6 Å². The highest BCUT2D eigenvalue weighted by molar-refractivity contribution is 6.64. The highest BCUT2D eigenvalue weighted by Crippen LogP contribution is 1.95. The Hall–Kier alpha value is -1.29. The molecule has 4 heteroatoms. The molecule has 1 aromatic rings. The molecule has 0 aliphatic carbocycles. The number of carbonyl (C=O) groups is 1. The average molecular weight is 163 g/mol. The van der Waals surface area contributed by atoms with Crippen LogP contribution in [0.15, 0.2) is 24.3 Å². The van der Waals surface area contributed by atoms with Crippen LogP contribution in [0.3, 0.4) is 0 Å². The molecule has 0 radical (unpaired) electrons. The number of hydrogen-bond donors (Lipinski definition) is 2. The molecule has 62 valence electrons. The summed E-state index contributed by atoms with van der Waals surface area (Å²) in [6.07, 6.45) is 0. The SMILES string of the molecule is CB(O)c1ccc(C(N)=O)cc1. The fourth-order valence-electron chi connectivity index (χ4n) is 0.926. The van der Waals surface area contributed by atoms with E-state index in [1.807, 2.05) is 0 Å². The van der Waals surface area contributed by atoms with Gasteiger partial charge in [-0.3, -0.25) is 4.79 Å². The van der Waals surface area contributed by atoms with Gasteiger partial charge in [0.1, 0.15) is 0 Å². The highest BCUT2D eigenvalue weighted by atomic mass is 16.2. The van der Waals surface area contributed by atoms with Gasteiger partial charge in [0.15, 0.2) is 0 Å². The minimum Gasteiger partial charge on any atom is -0.447 e. The van der Waals surface area contributed by atoms with E-state index in [0.29, 0.717) is 5.56 Å².